The van der Waals surface area contributed by atoms with Gasteiger partial charge in [0.25, 0.3) is 0 Å². The molecule has 0 saturated carbocycles. The van der Waals surface area contributed by atoms with E-state index in [9.17, 15) is 0 Å². The van der Waals surface area contributed by atoms with Crippen molar-refractivity contribution in [3.63, 3.8) is 0 Å². The Morgan fingerprint density at radius 3 is 2.80 bits per heavy atom. The number of hydrogen-bond acceptors (Lipinski definition) is 3. The third-order valence-electron chi connectivity index (χ3n) is 3.26. The Labute approximate surface area is 124 Å². The highest BCUT2D eigenvalue weighted by Crippen LogP contribution is 2.21. The Bertz CT molecular complexity index is 558. The van der Waals surface area contributed by atoms with Crippen LogP contribution in [0.25, 0.3) is 0 Å². The zero-order valence-corrected chi connectivity index (χ0v) is 13.1. The van der Waals surface area contributed by atoms with Gasteiger partial charge in [0, 0.05) is 25.4 Å². The van der Waals surface area contributed by atoms with E-state index in [0.717, 1.165) is 42.3 Å². The van der Waals surface area contributed by atoms with Crippen molar-refractivity contribution < 1.29 is 0 Å². The van der Waals surface area contributed by atoms with Crippen LogP contribution in [-0.4, -0.2) is 26.1 Å². The summed E-state index contributed by atoms with van der Waals surface area (Å²) in [6.07, 6.45) is 5.93. The van der Waals surface area contributed by atoms with Crippen molar-refractivity contribution in [3.8, 4) is 0 Å². The predicted molar refractivity (Wildman–Crippen MR) is 80.9 cm³/mol. The molecule has 6 heteroatoms. The van der Waals surface area contributed by atoms with Crippen LogP contribution < -0.4 is 5.32 Å². The first kappa shape index (κ1) is 15.1. The Morgan fingerprint density at radius 2 is 2.15 bits per heavy atom. The van der Waals surface area contributed by atoms with E-state index in [1.54, 1.807) is 0 Å². The number of hydrogen-bond donors (Lipinski definition) is 1. The first-order valence-corrected chi connectivity index (χ1v) is 7.45. The van der Waals surface area contributed by atoms with Gasteiger partial charge < -0.3 is 5.32 Å². The van der Waals surface area contributed by atoms with Gasteiger partial charge in [-0.15, -0.1) is 0 Å². The molecule has 0 aromatic carbocycles. The molecule has 2 aromatic rings. The van der Waals surface area contributed by atoms with Gasteiger partial charge in [0.2, 0.25) is 0 Å². The van der Waals surface area contributed by atoms with Crippen molar-refractivity contribution in [2.45, 2.75) is 39.8 Å². The Kier molecular flexibility index (Phi) is 5.20. The van der Waals surface area contributed by atoms with Crippen LogP contribution in [0.1, 0.15) is 37.2 Å². The van der Waals surface area contributed by atoms with Crippen LogP contribution in [-0.2, 0) is 26.6 Å². The summed E-state index contributed by atoms with van der Waals surface area (Å²) in [5.41, 5.74) is 3.13. The smallest absolute Gasteiger partial charge is 0.0869 e. The largest absolute Gasteiger partial charge is 0.313 e. The molecule has 0 atom stereocenters. The summed E-state index contributed by atoms with van der Waals surface area (Å²) in [7, 11) is 1.92. The molecule has 2 aromatic heterocycles. The molecule has 0 amide bonds. The van der Waals surface area contributed by atoms with Crippen LogP contribution in [0.15, 0.2) is 12.4 Å². The van der Waals surface area contributed by atoms with Gasteiger partial charge in [-0.3, -0.25) is 9.36 Å². The zero-order chi connectivity index (χ0) is 14.5. The number of nitrogens with one attached hydrogen (secondary N) is 1. The van der Waals surface area contributed by atoms with E-state index in [1.165, 1.54) is 5.56 Å². The van der Waals surface area contributed by atoms with Gasteiger partial charge in [-0.1, -0.05) is 25.4 Å². The second-order valence-electron chi connectivity index (χ2n) is 4.91. The summed E-state index contributed by atoms with van der Waals surface area (Å²) >= 11 is 6.35. The fourth-order valence-electron chi connectivity index (χ4n) is 2.14. The van der Waals surface area contributed by atoms with E-state index in [2.05, 4.69) is 35.6 Å². The van der Waals surface area contributed by atoms with Crippen LogP contribution >= 0.6 is 11.6 Å². The fraction of sp³-hybridized carbons (Fsp3) is 0.571. The molecule has 0 aliphatic heterocycles. The van der Waals surface area contributed by atoms with Crippen LogP contribution in [0.5, 0.6) is 0 Å². The fourth-order valence-corrected chi connectivity index (χ4v) is 2.49. The minimum absolute atomic E-state index is 0.649. The molecule has 110 valence electrons. The third-order valence-corrected chi connectivity index (χ3v) is 3.69. The van der Waals surface area contributed by atoms with Crippen molar-refractivity contribution in [1.82, 2.24) is 24.9 Å². The van der Waals surface area contributed by atoms with E-state index in [0.29, 0.717) is 6.54 Å². The van der Waals surface area contributed by atoms with Crippen LogP contribution in [0.3, 0.4) is 0 Å². The normalized spacial score (nSPS) is 11.2. The SMILES string of the molecule is CCCNCc1cnn(Cc2c(Cl)c(CC)nn2C)c1. The molecular formula is C14H22ClN5. The molecule has 1 N–H and O–H groups in total. The van der Waals surface area contributed by atoms with Crippen molar-refractivity contribution in [1.29, 1.82) is 0 Å². The summed E-state index contributed by atoms with van der Waals surface area (Å²) in [6, 6.07) is 0. The predicted octanol–water partition coefficient (Wildman–Crippen LogP) is 2.38. The molecule has 2 rings (SSSR count). The topological polar surface area (TPSA) is 47.7 Å². The average Bonchev–Trinajstić information content (AvgIpc) is 2.99. The molecule has 0 spiro atoms. The molecule has 0 fully saturated rings. The molecule has 20 heavy (non-hydrogen) atoms. The van der Waals surface area contributed by atoms with E-state index in [1.807, 2.05) is 22.6 Å². The molecular weight excluding hydrogens is 274 g/mol. The summed E-state index contributed by atoms with van der Waals surface area (Å²) < 4.78 is 3.75. The molecule has 0 bridgehead atoms. The quantitative estimate of drug-likeness (QED) is 0.798. The van der Waals surface area contributed by atoms with Crippen molar-refractivity contribution in [3.05, 3.63) is 34.4 Å². The van der Waals surface area contributed by atoms with Crippen LogP contribution in [0.4, 0.5) is 0 Å². The van der Waals surface area contributed by atoms with Crippen molar-refractivity contribution in [2.75, 3.05) is 6.54 Å². The lowest BCUT2D eigenvalue weighted by Crippen LogP contribution is -2.13. The van der Waals surface area contributed by atoms with Gasteiger partial charge in [-0.25, -0.2) is 0 Å². The van der Waals surface area contributed by atoms with E-state index in [4.69, 9.17) is 11.6 Å². The van der Waals surface area contributed by atoms with Crippen molar-refractivity contribution in [2.24, 2.45) is 7.05 Å². The Morgan fingerprint density at radius 1 is 1.35 bits per heavy atom. The monoisotopic (exact) mass is 295 g/mol. The summed E-state index contributed by atoms with van der Waals surface area (Å²) in [4.78, 5) is 0. The third kappa shape index (κ3) is 3.41. The maximum atomic E-state index is 6.35. The van der Waals surface area contributed by atoms with Crippen molar-refractivity contribution >= 4 is 11.6 Å². The van der Waals surface area contributed by atoms with Gasteiger partial charge in [-0.05, 0) is 19.4 Å². The standard InChI is InChI=1S/C14H22ClN5/c1-4-6-16-7-11-8-17-20(9-11)10-13-14(15)12(5-2)18-19(13)3/h8-9,16H,4-7,10H2,1-3H3. The minimum Gasteiger partial charge on any atom is -0.313 e. The van der Waals surface area contributed by atoms with E-state index >= 15 is 0 Å². The molecule has 0 radical (unpaired) electrons. The maximum absolute atomic E-state index is 6.35. The summed E-state index contributed by atoms with van der Waals surface area (Å²) in [6.45, 7) is 6.75. The number of halogens is 1. The van der Waals surface area contributed by atoms with Gasteiger partial charge >= 0.3 is 0 Å². The molecule has 0 aliphatic carbocycles. The van der Waals surface area contributed by atoms with E-state index < -0.39 is 0 Å². The van der Waals surface area contributed by atoms with E-state index in [-0.39, 0.29) is 0 Å². The van der Waals surface area contributed by atoms with Crippen LogP contribution in [0, 0.1) is 0 Å². The number of aryl methyl sites for hydroxylation is 2. The lowest BCUT2D eigenvalue weighted by Gasteiger charge is -2.03. The van der Waals surface area contributed by atoms with Gasteiger partial charge in [-0.2, -0.15) is 10.2 Å². The number of aromatic nitrogens is 4. The lowest BCUT2D eigenvalue weighted by molar-refractivity contribution is 0.616. The molecule has 0 aliphatic rings. The summed E-state index contributed by atoms with van der Waals surface area (Å²) in [5, 5.41) is 12.9. The highest BCUT2D eigenvalue weighted by Gasteiger charge is 2.13. The second-order valence-corrected chi connectivity index (χ2v) is 5.29. The number of rotatable bonds is 7. The highest BCUT2D eigenvalue weighted by atomic mass is 35.5. The molecule has 0 unspecified atom stereocenters. The summed E-state index contributed by atoms with van der Waals surface area (Å²) in [5.74, 6) is 0. The first-order valence-electron chi connectivity index (χ1n) is 7.08. The molecule has 2 heterocycles. The number of nitrogens with zero attached hydrogens (tertiary/aromatic N) is 4. The zero-order valence-electron chi connectivity index (χ0n) is 12.4. The molecule has 5 nitrogen and oxygen atoms in total. The lowest BCUT2D eigenvalue weighted by atomic mass is 10.3. The van der Waals surface area contributed by atoms with Gasteiger partial charge in [0.15, 0.2) is 0 Å². The first-order chi connectivity index (χ1) is 9.65. The van der Waals surface area contributed by atoms with Gasteiger partial charge in [0.1, 0.15) is 0 Å². The highest BCUT2D eigenvalue weighted by molar-refractivity contribution is 6.31. The Balaban J connectivity index is 2.05. The minimum atomic E-state index is 0.649. The van der Waals surface area contributed by atoms with Crippen LogP contribution in [0.2, 0.25) is 5.02 Å². The Hall–Kier alpha value is -1.33. The maximum Gasteiger partial charge on any atom is 0.0869 e. The second kappa shape index (κ2) is 6.90. The average molecular weight is 296 g/mol. The molecule has 0 saturated heterocycles. The van der Waals surface area contributed by atoms with Gasteiger partial charge in [0.05, 0.1) is 29.2 Å².